The molecule has 0 amide bonds. The second-order valence-corrected chi connectivity index (χ2v) is 6.36. The lowest BCUT2D eigenvalue weighted by molar-refractivity contribution is -0.00688. The minimum Gasteiger partial charge on any atom is -0.387 e. The zero-order valence-corrected chi connectivity index (χ0v) is 12.5. The van der Waals surface area contributed by atoms with Gasteiger partial charge in [0.1, 0.15) is 18.0 Å². The van der Waals surface area contributed by atoms with Gasteiger partial charge in [-0.05, 0) is 12.1 Å². The summed E-state index contributed by atoms with van der Waals surface area (Å²) in [6.45, 7) is 0. The van der Waals surface area contributed by atoms with Crippen molar-refractivity contribution in [1.82, 2.24) is 9.55 Å². The fourth-order valence-electron chi connectivity index (χ4n) is 1.95. The number of nitrogen functional groups attached to an aromatic ring is 1. The first kappa shape index (κ1) is 17.7. The number of nitrogens with two attached hydrogens (primary N) is 3. The van der Waals surface area contributed by atoms with Gasteiger partial charge in [-0.1, -0.05) is 0 Å². The number of hydrogen-bond acceptors (Lipinski definition) is 10. The standard InChI is InChI=1S/C10H15FN5O6P/c11-7-8(17)5(2-4-23(19,21-13)22-14)20-9(7)16-3-1-6(12)15-10(16)18/h1-5,7-9,17H,13-14H2,(H2,12,15,18)/b4-2+/t5-,7-,8-,9-/m1/s1. The maximum Gasteiger partial charge on any atom is 0.386 e. The van der Waals surface area contributed by atoms with E-state index in [-0.39, 0.29) is 5.82 Å². The molecule has 23 heavy (non-hydrogen) atoms. The number of hydrogen-bond donors (Lipinski definition) is 4. The molecule has 1 aromatic rings. The first-order valence-corrected chi connectivity index (χ1v) is 7.81. The molecule has 0 aliphatic carbocycles. The van der Waals surface area contributed by atoms with E-state index in [1.165, 1.54) is 12.3 Å². The number of nitrogens with zero attached hydrogens (tertiary/aromatic N) is 2. The number of rotatable bonds is 5. The molecule has 11 nitrogen and oxygen atoms in total. The minimum atomic E-state index is -3.92. The Morgan fingerprint density at radius 3 is 2.70 bits per heavy atom. The minimum absolute atomic E-state index is 0.0437. The van der Waals surface area contributed by atoms with Crippen LogP contribution in [0.3, 0.4) is 0 Å². The lowest BCUT2D eigenvalue weighted by Crippen LogP contribution is -2.33. The predicted molar refractivity (Wildman–Crippen MR) is 75.0 cm³/mol. The van der Waals surface area contributed by atoms with Crippen molar-refractivity contribution >= 4 is 13.4 Å². The summed E-state index contributed by atoms with van der Waals surface area (Å²) in [5, 5.41) is 9.83. The van der Waals surface area contributed by atoms with Gasteiger partial charge in [0.15, 0.2) is 12.4 Å². The van der Waals surface area contributed by atoms with Crippen molar-refractivity contribution < 1.29 is 28.0 Å². The zero-order chi connectivity index (χ0) is 17.2. The van der Waals surface area contributed by atoms with Crippen LogP contribution in [0.2, 0.25) is 0 Å². The fourth-order valence-corrected chi connectivity index (χ4v) is 2.52. The van der Waals surface area contributed by atoms with Gasteiger partial charge < -0.3 is 15.6 Å². The van der Waals surface area contributed by atoms with Crippen LogP contribution in [0, 0.1) is 0 Å². The molecule has 0 bridgehead atoms. The van der Waals surface area contributed by atoms with Crippen LogP contribution in [0.25, 0.3) is 0 Å². The van der Waals surface area contributed by atoms with Crippen molar-refractivity contribution in [3.8, 4) is 0 Å². The first-order valence-electron chi connectivity index (χ1n) is 6.19. The molecule has 1 saturated heterocycles. The second kappa shape index (κ2) is 6.84. The Hall–Kier alpha value is -1.66. The summed E-state index contributed by atoms with van der Waals surface area (Å²) in [6, 6.07) is 1.27. The second-order valence-electron chi connectivity index (χ2n) is 4.56. The van der Waals surface area contributed by atoms with E-state index < -0.39 is 37.9 Å². The fraction of sp³-hybridized carbons (Fsp3) is 0.400. The molecule has 1 aromatic heterocycles. The number of ether oxygens (including phenoxy) is 1. The number of alkyl halides is 1. The molecule has 2 heterocycles. The summed E-state index contributed by atoms with van der Waals surface area (Å²) in [5.41, 5.74) is 4.49. The van der Waals surface area contributed by atoms with E-state index in [0.29, 0.717) is 0 Å². The molecule has 1 aliphatic heterocycles. The van der Waals surface area contributed by atoms with Crippen LogP contribution in [-0.4, -0.2) is 33.0 Å². The number of aromatic nitrogens is 2. The molecular formula is C10H15FN5O6P. The average Bonchev–Trinajstić information content (AvgIpc) is 2.81. The predicted octanol–water partition coefficient (Wildman–Crippen LogP) is -1.09. The van der Waals surface area contributed by atoms with Gasteiger partial charge in [-0.2, -0.15) is 4.98 Å². The van der Waals surface area contributed by atoms with Gasteiger partial charge in [-0.25, -0.2) is 30.2 Å². The van der Waals surface area contributed by atoms with E-state index in [2.05, 4.69) is 14.2 Å². The SMILES string of the molecule is NOP(=O)(/C=C/[C@H]1O[C@@H](n2ccc(N)nc2=O)[C@H](F)[C@@H]1O)ON. The smallest absolute Gasteiger partial charge is 0.386 e. The molecule has 1 aliphatic rings. The van der Waals surface area contributed by atoms with E-state index in [0.717, 1.165) is 16.5 Å². The highest BCUT2D eigenvalue weighted by atomic mass is 31.2. The number of aliphatic hydroxyl groups is 1. The number of anilines is 1. The van der Waals surface area contributed by atoms with E-state index in [1.54, 1.807) is 0 Å². The van der Waals surface area contributed by atoms with Crippen LogP contribution in [0.5, 0.6) is 0 Å². The van der Waals surface area contributed by atoms with E-state index >= 15 is 0 Å². The molecule has 13 heteroatoms. The summed E-state index contributed by atoms with van der Waals surface area (Å²) < 4.78 is 40.0. The Labute approximate surface area is 128 Å². The Bertz CT molecular complexity index is 691. The summed E-state index contributed by atoms with van der Waals surface area (Å²) >= 11 is 0. The molecule has 2 rings (SSSR count). The monoisotopic (exact) mass is 351 g/mol. The van der Waals surface area contributed by atoms with Gasteiger partial charge in [0.25, 0.3) is 0 Å². The van der Waals surface area contributed by atoms with Crippen LogP contribution in [0.4, 0.5) is 10.2 Å². The maximum absolute atomic E-state index is 14.2. The molecule has 1 fully saturated rings. The summed E-state index contributed by atoms with van der Waals surface area (Å²) in [6.07, 6.45) is -4.12. The molecule has 0 aromatic carbocycles. The number of aliphatic hydroxyl groups excluding tert-OH is 1. The first-order chi connectivity index (χ1) is 10.8. The van der Waals surface area contributed by atoms with Crippen LogP contribution in [0.1, 0.15) is 6.23 Å². The lowest BCUT2D eigenvalue weighted by Gasteiger charge is -2.15. The van der Waals surface area contributed by atoms with E-state index in [9.17, 15) is 18.9 Å². The van der Waals surface area contributed by atoms with E-state index in [1.807, 2.05) is 0 Å². The van der Waals surface area contributed by atoms with Gasteiger partial charge in [-0.3, -0.25) is 9.13 Å². The van der Waals surface area contributed by atoms with Gasteiger partial charge in [0, 0.05) is 12.0 Å². The van der Waals surface area contributed by atoms with Crippen LogP contribution < -0.4 is 23.2 Å². The Morgan fingerprint density at radius 1 is 1.48 bits per heavy atom. The molecule has 0 unspecified atom stereocenters. The van der Waals surface area contributed by atoms with Crippen molar-refractivity contribution in [3.63, 3.8) is 0 Å². The third-order valence-electron chi connectivity index (χ3n) is 3.11. The molecule has 0 saturated carbocycles. The summed E-state index contributed by atoms with van der Waals surface area (Å²) in [5.74, 6) is 10.3. The van der Waals surface area contributed by atoms with E-state index in [4.69, 9.17) is 22.3 Å². The van der Waals surface area contributed by atoms with Crippen molar-refractivity contribution in [2.75, 3.05) is 5.73 Å². The third kappa shape index (κ3) is 3.64. The molecule has 7 N–H and O–H groups in total. The molecular weight excluding hydrogens is 336 g/mol. The van der Waals surface area contributed by atoms with Crippen molar-refractivity contribution in [2.24, 2.45) is 11.8 Å². The maximum atomic E-state index is 14.2. The normalized spacial score (nSPS) is 28.5. The van der Waals surface area contributed by atoms with Gasteiger partial charge >= 0.3 is 13.3 Å². The Kier molecular flexibility index (Phi) is 5.26. The van der Waals surface area contributed by atoms with Gasteiger partial charge in [0.05, 0.1) is 0 Å². The lowest BCUT2D eigenvalue weighted by atomic mass is 10.1. The highest BCUT2D eigenvalue weighted by Crippen LogP contribution is 2.46. The summed E-state index contributed by atoms with van der Waals surface area (Å²) in [4.78, 5) is 15.1. The quantitative estimate of drug-likeness (QED) is 0.376. The Morgan fingerprint density at radius 2 is 2.13 bits per heavy atom. The molecule has 0 radical (unpaired) electrons. The van der Waals surface area contributed by atoms with Gasteiger partial charge in [-0.15, -0.1) is 0 Å². The average molecular weight is 351 g/mol. The third-order valence-corrected chi connectivity index (χ3v) is 4.23. The van der Waals surface area contributed by atoms with Crippen molar-refractivity contribution in [2.45, 2.75) is 24.6 Å². The van der Waals surface area contributed by atoms with Crippen LogP contribution >= 0.6 is 7.60 Å². The Balaban J connectivity index is 2.23. The largest absolute Gasteiger partial charge is 0.387 e. The van der Waals surface area contributed by atoms with Crippen molar-refractivity contribution in [3.05, 3.63) is 34.6 Å². The number of halogens is 1. The molecule has 0 spiro atoms. The molecule has 4 atom stereocenters. The topological polar surface area (TPSA) is 178 Å². The highest BCUT2D eigenvalue weighted by molar-refractivity contribution is 7.57. The molecule has 128 valence electrons. The van der Waals surface area contributed by atoms with Gasteiger partial charge in [0.2, 0.25) is 0 Å². The van der Waals surface area contributed by atoms with Crippen LogP contribution in [-0.2, 0) is 18.6 Å². The van der Waals surface area contributed by atoms with Crippen LogP contribution in [0.15, 0.2) is 29.0 Å². The zero-order valence-electron chi connectivity index (χ0n) is 11.6. The summed E-state index contributed by atoms with van der Waals surface area (Å²) in [7, 11) is -3.92. The van der Waals surface area contributed by atoms with Crippen molar-refractivity contribution in [1.29, 1.82) is 0 Å². The highest BCUT2D eigenvalue weighted by Gasteiger charge is 2.44.